The van der Waals surface area contributed by atoms with Crippen molar-refractivity contribution in [1.82, 2.24) is 0 Å². The van der Waals surface area contributed by atoms with Gasteiger partial charge in [-0.05, 0) is 116 Å². The van der Waals surface area contributed by atoms with Crippen LogP contribution >= 0.6 is 0 Å². The van der Waals surface area contributed by atoms with E-state index in [0.29, 0.717) is 6.42 Å². The minimum Gasteiger partial charge on any atom is -0.462 e. The summed E-state index contributed by atoms with van der Waals surface area (Å²) < 4.78 is 16.7. The number of carbonyl (C=O) groups excluding carboxylic acids is 3. The van der Waals surface area contributed by atoms with Crippen LogP contribution in [0.15, 0.2) is 134 Å². The predicted molar refractivity (Wildman–Crippen MR) is 306 cm³/mol. The standard InChI is InChI=1S/C65H104O6/c1-4-7-10-13-16-19-22-25-28-30-31-32-33-35-37-40-43-46-49-52-55-58-64(67)70-61-62(60-69-63(66)57-54-51-48-45-42-39-36-27-24-21-18-15-12-9-6-3)71-65(68)59-56-53-50-47-44-41-38-34-29-26-23-20-17-14-11-8-5-2/h8-9,11-12,17-18,20-22,25-27,29-31,33,35-36,42,45,51,54,62H,4-7,10,13-16,19,23-24,28,32,34,37-41,43-44,46-50,52-53,55-61H2,1-3H3/b11-8-,12-9-,20-17-,21-18-,25-22-,29-26-,31-30-,35-33-,36-27-,45-42-,54-51-. The van der Waals surface area contributed by atoms with Gasteiger partial charge >= 0.3 is 17.9 Å². The molecule has 0 aromatic heterocycles. The molecule has 0 amide bonds. The van der Waals surface area contributed by atoms with Crippen molar-refractivity contribution < 1.29 is 28.6 Å². The second-order valence-electron chi connectivity index (χ2n) is 18.4. The quantitative estimate of drug-likeness (QED) is 0.0262. The van der Waals surface area contributed by atoms with Crippen molar-refractivity contribution in [3.8, 4) is 0 Å². The van der Waals surface area contributed by atoms with Crippen LogP contribution in [0.5, 0.6) is 0 Å². The van der Waals surface area contributed by atoms with Crippen molar-refractivity contribution >= 4 is 17.9 Å². The van der Waals surface area contributed by atoms with E-state index in [0.717, 1.165) is 128 Å². The van der Waals surface area contributed by atoms with Crippen molar-refractivity contribution in [2.24, 2.45) is 0 Å². The largest absolute Gasteiger partial charge is 0.462 e. The molecule has 0 heterocycles. The van der Waals surface area contributed by atoms with Gasteiger partial charge < -0.3 is 14.2 Å². The van der Waals surface area contributed by atoms with Gasteiger partial charge in [0.1, 0.15) is 13.2 Å². The number of allylic oxidation sites excluding steroid dienone is 21. The minimum absolute atomic E-state index is 0.117. The molecule has 6 nitrogen and oxygen atoms in total. The van der Waals surface area contributed by atoms with Crippen LogP contribution in [0.25, 0.3) is 0 Å². The molecule has 0 N–H and O–H groups in total. The van der Waals surface area contributed by atoms with E-state index in [1.165, 1.54) is 70.6 Å². The summed E-state index contributed by atoms with van der Waals surface area (Å²) in [5, 5.41) is 0. The van der Waals surface area contributed by atoms with Crippen LogP contribution in [0.3, 0.4) is 0 Å². The molecule has 0 saturated carbocycles. The second kappa shape index (κ2) is 58.1. The van der Waals surface area contributed by atoms with Crippen molar-refractivity contribution in [2.45, 2.75) is 245 Å². The van der Waals surface area contributed by atoms with Gasteiger partial charge in [0.25, 0.3) is 0 Å². The highest BCUT2D eigenvalue weighted by Gasteiger charge is 2.19. The average Bonchev–Trinajstić information content (AvgIpc) is 3.37. The van der Waals surface area contributed by atoms with Crippen LogP contribution in [0.2, 0.25) is 0 Å². The number of rotatable bonds is 50. The van der Waals surface area contributed by atoms with Gasteiger partial charge in [-0.1, -0.05) is 238 Å². The first-order valence-electron chi connectivity index (χ1n) is 28.7. The molecule has 6 heteroatoms. The smallest absolute Gasteiger partial charge is 0.309 e. The van der Waals surface area contributed by atoms with Crippen LogP contribution in [0, 0.1) is 0 Å². The van der Waals surface area contributed by atoms with E-state index in [1.807, 2.05) is 6.08 Å². The molecule has 0 radical (unpaired) electrons. The van der Waals surface area contributed by atoms with Crippen molar-refractivity contribution in [3.63, 3.8) is 0 Å². The molecule has 1 unspecified atom stereocenters. The fourth-order valence-corrected chi connectivity index (χ4v) is 7.42. The summed E-state index contributed by atoms with van der Waals surface area (Å²) in [6.45, 7) is 6.29. The van der Waals surface area contributed by atoms with E-state index in [2.05, 4.69) is 142 Å². The molecular formula is C65H104O6. The Labute approximate surface area is 436 Å². The molecule has 0 aromatic carbocycles. The summed E-state index contributed by atoms with van der Waals surface area (Å²) in [7, 11) is 0. The number of carbonyl (C=O) groups is 3. The third kappa shape index (κ3) is 56.3. The minimum atomic E-state index is -0.835. The first-order valence-corrected chi connectivity index (χ1v) is 28.7. The van der Waals surface area contributed by atoms with Gasteiger partial charge in [0, 0.05) is 12.8 Å². The molecule has 0 aliphatic carbocycles. The van der Waals surface area contributed by atoms with Crippen LogP contribution in [-0.2, 0) is 28.6 Å². The lowest BCUT2D eigenvalue weighted by molar-refractivity contribution is -0.166. The number of ether oxygens (including phenoxy) is 3. The van der Waals surface area contributed by atoms with Gasteiger partial charge in [0.05, 0.1) is 6.42 Å². The molecule has 0 aliphatic heterocycles. The van der Waals surface area contributed by atoms with E-state index < -0.39 is 12.1 Å². The highest BCUT2D eigenvalue weighted by molar-refractivity contribution is 5.72. The molecule has 1 atom stereocenters. The lowest BCUT2D eigenvalue weighted by atomic mass is 10.1. The topological polar surface area (TPSA) is 78.9 Å². The lowest BCUT2D eigenvalue weighted by Gasteiger charge is -2.18. The monoisotopic (exact) mass is 981 g/mol. The summed E-state index contributed by atoms with van der Waals surface area (Å²) in [6, 6.07) is 0. The highest BCUT2D eigenvalue weighted by Crippen LogP contribution is 2.13. The third-order valence-electron chi connectivity index (χ3n) is 11.7. The molecule has 0 aliphatic rings. The maximum Gasteiger partial charge on any atom is 0.309 e. The molecule has 0 bridgehead atoms. The zero-order valence-corrected chi connectivity index (χ0v) is 45.7. The zero-order chi connectivity index (χ0) is 51.4. The van der Waals surface area contributed by atoms with Gasteiger partial charge in [-0.15, -0.1) is 0 Å². The Bertz CT molecular complexity index is 1550. The average molecular weight is 982 g/mol. The molecule has 0 rings (SSSR count). The number of unbranched alkanes of at least 4 members (excludes halogenated alkanes) is 18. The second-order valence-corrected chi connectivity index (χ2v) is 18.4. The SMILES string of the molecule is CC/C=C\C/C=C\C/C=C\C/C=C\C/C=C\CC(=O)OCC(COC(=O)CCCCCCCC/C=C\C/C=C\C/C=C\CCCCCCC)OC(=O)CCCCCCCCC/C=C\C/C=C\C/C=C\CC. The van der Waals surface area contributed by atoms with Gasteiger partial charge in [0.2, 0.25) is 0 Å². The Balaban J connectivity index is 4.53. The molecule has 0 aromatic rings. The van der Waals surface area contributed by atoms with E-state index in [-0.39, 0.29) is 38.0 Å². The van der Waals surface area contributed by atoms with Crippen molar-refractivity contribution in [2.75, 3.05) is 13.2 Å². The van der Waals surface area contributed by atoms with Crippen LogP contribution < -0.4 is 0 Å². The molecule has 71 heavy (non-hydrogen) atoms. The van der Waals surface area contributed by atoms with E-state index >= 15 is 0 Å². The first-order chi connectivity index (χ1) is 35.0. The van der Waals surface area contributed by atoms with Crippen LogP contribution in [0.4, 0.5) is 0 Å². The van der Waals surface area contributed by atoms with Crippen LogP contribution in [0.1, 0.15) is 239 Å². The molecule has 0 saturated heterocycles. The normalized spacial score (nSPS) is 13.1. The number of hydrogen-bond acceptors (Lipinski definition) is 6. The van der Waals surface area contributed by atoms with Crippen molar-refractivity contribution in [1.29, 1.82) is 0 Å². The summed E-state index contributed by atoms with van der Waals surface area (Å²) in [4.78, 5) is 38.1. The Morgan fingerprint density at radius 3 is 0.986 bits per heavy atom. The van der Waals surface area contributed by atoms with Gasteiger partial charge in [-0.3, -0.25) is 14.4 Å². The Kier molecular flexibility index (Phi) is 54.5. The summed E-state index contributed by atoms with van der Waals surface area (Å²) in [5.41, 5.74) is 0. The molecule has 400 valence electrons. The van der Waals surface area contributed by atoms with Crippen molar-refractivity contribution in [3.05, 3.63) is 134 Å². The fraction of sp³-hybridized carbons (Fsp3) is 0.615. The summed E-state index contributed by atoms with van der Waals surface area (Å²) >= 11 is 0. The van der Waals surface area contributed by atoms with Gasteiger partial charge in [0.15, 0.2) is 6.10 Å². The lowest BCUT2D eigenvalue weighted by Crippen LogP contribution is -2.30. The molecular weight excluding hydrogens is 877 g/mol. The van der Waals surface area contributed by atoms with Gasteiger partial charge in [-0.25, -0.2) is 0 Å². The maximum atomic E-state index is 12.9. The Hall–Kier alpha value is -4.45. The maximum absolute atomic E-state index is 12.9. The van der Waals surface area contributed by atoms with Gasteiger partial charge in [-0.2, -0.15) is 0 Å². The highest BCUT2D eigenvalue weighted by atomic mass is 16.6. The predicted octanol–water partition coefficient (Wildman–Crippen LogP) is 19.4. The zero-order valence-electron chi connectivity index (χ0n) is 45.7. The van der Waals surface area contributed by atoms with E-state index in [9.17, 15) is 14.4 Å². The summed E-state index contributed by atoms with van der Waals surface area (Å²) in [6.07, 6.45) is 81.8. The van der Waals surface area contributed by atoms with E-state index in [4.69, 9.17) is 14.2 Å². The Morgan fingerprint density at radius 2 is 0.606 bits per heavy atom. The molecule has 0 fully saturated rings. The number of hydrogen-bond donors (Lipinski definition) is 0. The van der Waals surface area contributed by atoms with E-state index in [1.54, 1.807) is 6.08 Å². The Morgan fingerprint density at radius 1 is 0.310 bits per heavy atom. The number of esters is 3. The molecule has 0 spiro atoms. The third-order valence-corrected chi connectivity index (χ3v) is 11.7. The summed E-state index contributed by atoms with van der Waals surface area (Å²) in [5.74, 6) is -1.08. The fourth-order valence-electron chi connectivity index (χ4n) is 7.42. The first kappa shape index (κ1) is 66.6. The van der Waals surface area contributed by atoms with Crippen LogP contribution in [-0.4, -0.2) is 37.2 Å².